The van der Waals surface area contributed by atoms with E-state index >= 15 is 4.39 Å². The number of rotatable bonds is 11. The minimum absolute atomic E-state index is 0.0693. The van der Waals surface area contributed by atoms with Crippen LogP contribution in [0, 0.1) is 0 Å². The summed E-state index contributed by atoms with van der Waals surface area (Å²) in [6.07, 6.45) is 2.73. The number of nitrogen functional groups attached to an aromatic ring is 1. The van der Waals surface area contributed by atoms with E-state index in [1.807, 2.05) is 0 Å². The molecule has 5 atom stereocenters. The van der Waals surface area contributed by atoms with Gasteiger partial charge in [0.05, 0.1) is 26.1 Å². The lowest BCUT2D eigenvalue weighted by Gasteiger charge is -2.24. The number of anilines is 1. The predicted molar refractivity (Wildman–Crippen MR) is 146 cm³/mol. The van der Waals surface area contributed by atoms with Crippen molar-refractivity contribution in [2.75, 3.05) is 19.5 Å². The standard InChI is InChI=1S/C26H34FN6O7P/c1-16(23(34)38-17-9-7-8-10-17)32-41(35,40-18-11-5-4-6-12-18)37-14-19-13-26(2,27)24(39-19)33-15-29-20-21(33)30-25(28)31-22(20)36-3/h4-6,11-12,15-17,19,24H,7-10,13-14H2,1-3H3,(H,32,35)(H2,28,30,31)/t16-,19-,24+,26+,41-/m0/s1. The third-order valence-electron chi connectivity index (χ3n) is 7.01. The Labute approximate surface area is 236 Å². The maximum atomic E-state index is 15.9. The molecule has 0 unspecified atom stereocenters. The van der Waals surface area contributed by atoms with Crippen LogP contribution in [0.3, 0.4) is 0 Å². The van der Waals surface area contributed by atoms with E-state index in [9.17, 15) is 9.36 Å². The first kappa shape index (κ1) is 29.2. The fourth-order valence-electron chi connectivity index (χ4n) is 5.05. The predicted octanol–water partition coefficient (Wildman–Crippen LogP) is 4.10. The number of carbonyl (C=O) groups is 1. The van der Waals surface area contributed by atoms with Crippen molar-refractivity contribution in [1.29, 1.82) is 0 Å². The minimum atomic E-state index is -4.15. The molecule has 0 radical (unpaired) electrons. The average molecular weight is 593 g/mol. The molecule has 0 spiro atoms. The van der Waals surface area contributed by atoms with E-state index in [2.05, 4.69) is 20.0 Å². The first-order chi connectivity index (χ1) is 19.6. The van der Waals surface area contributed by atoms with Gasteiger partial charge in [-0.05, 0) is 51.7 Å². The number of fused-ring (bicyclic) bond motifs is 1. The van der Waals surface area contributed by atoms with Gasteiger partial charge < -0.3 is 24.5 Å². The Balaban J connectivity index is 1.30. The van der Waals surface area contributed by atoms with Crippen molar-refractivity contribution in [3.63, 3.8) is 0 Å². The highest BCUT2D eigenvalue weighted by Gasteiger charge is 2.48. The first-order valence-electron chi connectivity index (χ1n) is 13.4. The number of halogens is 1. The number of carbonyl (C=O) groups excluding carboxylic acids is 1. The Bertz CT molecular complexity index is 1420. The summed E-state index contributed by atoms with van der Waals surface area (Å²) in [7, 11) is -2.74. The molecule has 222 valence electrons. The summed E-state index contributed by atoms with van der Waals surface area (Å²) < 4.78 is 59.4. The van der Waals surface area contributed by atoms with Crippen LogP contribution >= 0.6 is 7.75 Å². The second kappa shape index (κ2) is 11.9. The molecule has 15 heteroatoms. The van der Waals surface area contributed by atoms with Crippen LogP contribution in [-0.4, -0.2) is 63.1 Å². The van der Waals surface area contributed by atoms with E-state index in [0.29, 0.717) is 5.52 Å². The van der Waals surface area contributed by atoms with Crippen LogP contribution in [0.4, 0.5) is 10.3 Å². The number of ether oxygens (including phenoxy) is 3. The third kappa shape index (κ3) is 6.61. The highest BCUT2D eigenvalue weighted by Crippen LogP contribution is 2.48. The van der Waals surface area contributed by atoms with Gasteiger partial charge >= 0.3 is 13.7 Å². The quantitative estimate of drug-likeness (QED) is 0.243. The van der Waals surface area contributed by atoms with E-state index in [1.54, 1.807) is 30.3 Å². The SMILES string of the molecule is COc1nc(N)nc2c1ncn2[C@@H]1O[C@H](CO[P@@](=O)(N[C@@H](C)C(=O)OC2CCCC2)Oc2ccccc2)C[C@@]1(C)F. The maximum absolute atomic E-state index is 15.9. The molecule has 1 saturated carbocycles. The molecule has 2 fully saturated rings. The zero-order valence-corrected chi connectivity index (χ0v) is 24.0. The molecule has 41 heavy (non-hydrogen) atoms. The zero-order chi connectivity index (χ0) is 29.2. The molecular weight excluding hydrogens is 558 g/mol. The monoisotopic (exact) mass is 592 g/mol. The van der Waals surface area contributed by atoms with Crippen LogP contribution < -0.4 is 20.1 Å². The van der Waals surface area contributed by atoms with Gasteiger partial charge in [0, 0.05) is 6.42 Å². The number of hydrogen-bond acceptors (Lipinski definition) is 11. The average Bonchev–Trinajstić information content (AvgIpc) is 3.66. The van der Waals surface area contributed by atoms with Crippen molar-refractivity contribution >= 4 is 30.8 Å². The van der Waals surface area contributed by atoms with Crippen molar-refractivity contribution in [2.45, 2.75) is 76.1 Å². The molecule has 2 aromatic heterocycles. The van der Waals surface area contributed by atoms with Gasteiger partial charge in [-0.25, -0.2) is 13.9 Å². The van der Waals surface area contributed by atoms with Gasteiger partial charge in [0.15, 0.2) is 23.1 Å². The molecule has 1 aliphatic heterocycles. The van der Waals surface area contributed by atoms with Crippen molar-refractivity contribution in [3.8, 4) is 11.6 Å². The lowest BCUT2D eigenvalue weighted by Crippen LogP contribution is -2.37. The molecule has 1 saturated heterocycles. The minimum Gasteiger partial charge on any atom is -0.479 e. The Morgan fingerprint density at radius 2 is 2.02 bits per heavy atom. The van der Waals surface area contributed by atoms with E-state index in [1.165, 1.54) is 31.9 Å². The summed E-state index contributed by atoms with van der Waals surface area (Å²) in [6.45, 7) is 2.60. The Hall–Kier alpha value is -3.32. The van der Waals surface area contributed by atoms with Crippen LogP contribution in [-0.2, 0) is 23.4 Å². The number of nitrogens with two attached hydrogens (primary N) is 1. The summed E-state index contributed by atoms with van der Waals surface area (Å²) in [5.41, 5.74) is 4.45. The molecule has 3 N–H and O–H groups in total. The lowest BCUT2D eigenvalue weighted by atomic mass is 10.0. The van der Waals surface area contributed by atoms with Gasteiger partial charge in [-0.1, -0.05) is 18.2 Å². The topological polar surface area (TPSA) is 162 Å². The van der Waals surface area contributed by atoms with Crippen LogP contribution in [0.15, 0.2) is 36.7 Å². The fourth-order valence-corrected chi connectivity index (χ4v) is 6.57. The van der Waals surface area contributed by atoms with Gasteiger partial charge in [-0.15, -0.1) is 0 Å². The van der Waals surface area contributed by atoms with Crippen molar-refractivity contribution < 1.29 is 37.0 Å². The number of aromatic nitrogens is 4. The maximum Gasteiger partial charge on any atom is 0.459 e. The zero-order valence-electron chi connectivity index (χ0n) is 23.1. The van der Waals surface area contributed by atoms with E-state index in [-0.39, 0.29) is 42.4 Å². The smallest absolute Gasteiger partial charge is 0.459 e. The molecule has 3 heterocycles. The molecule has 0 bridgehead atoms. The molecule has 13 nitrogen and oxygen atoms in total. The van der Waals surface area contributed by atoms with Crippen LogP contribution in [0.5, 0.6) is 11.6 Å². The van der Waals surface area contributed by atoms with Crippen LogP contribution in [0.25, 0.3) is 11.2 Å². The Morgan fingerprint density at radius 3 is 2.73 bits per heavy atom. The largest absolute Gasteiger partial charge is 0.479 e. The van der Waals surface area contributed by atoms with Gasteiger partial charge in [0.1, 0.15) is 17.9 Å². The molecule has 0 amide bonds. The molecular formula is C26H34FN6O7P. The summed E-state index contributed by atoms with van der Waals surface area (Å²) in [5, 5.41) is 2.67. The van der Waals surface area contributed by atoms with Crippen LogP contribution in [0.2, 0.25) is 0 Å². The van der Waals surface area contributed by atoms with E-state index < -0.39 is 37.8 Å². The third-order valence-corrected chi connectivity index (χ3v) is 8.65. The molecule has 1 aromatic carbocycles. The number of alkyl halides is 1. The Morgan fingerprint density at radius 1 is 1.29 bits per heavy atom. The lowest BCUT2D eigenvalue weighted by molar-refractivity contribution is -0.150. The number of para-hydroxylation sites is 1. The first-order valence-corrected chi connectivity index (χ1v) is 15.0. The summed E-state index contributed by atoms with van der Waals surface area (Å²) >= 11 is 0. The highest BCUT2D eigenvalue weighted by molar-refractivity contribution is 7.52. The van der Waals surface area contributed by atoms with Crippen molar-refractivity contribution in [1.82, 2.24) is 24.6 Å². The molecule has 1 aliphatic carbocycles. The summed E-state index contributed by atoms with van der Waals surface area (Å²) in [6, 6.07) is 7.40. The van der Waals surface area contributed by atoms with Crippen molar-refractivity contribution in [2.24, 2.45) is 0 Å². The van der Waals surface area contributed by atoms with E-state index in [4.69, 9.17) is 29.0 Å². The van der Waals surface area contributed by atoms with Gasteiger partial charge in [0.25, 0.3) is 0 Å². The second-order valence-corrected chi connectivity index (χ2v) is 12.1. The second-order valence-electron chi connectivity index (χ2n) is 10.4. The van der Waals surface area contributed by atoms with Gasteiger partial charge in [-0.3, -0.25) is 13.9 Å². The van der Waals surface area contributed by atoms with Crippen LogP contribution in [0.1, 0.15) is 52.2 Å². The Kier molecular flexibility index (Phi) is 8.46. The molecule has 5 rings (SSSR count). The normalized spacial score (nSPS) is 25.2. The summed E-state index contributed by atoms with van der Waals surface area (Å²) in [4.78, 5) is 25.1. The molecule has 3 aromatic rings. The van der Waals surface area contributed by atoms with Crippen molar-refractivity contribution in [3.05, 3.63) is 36.7 Å². The number of nitrogens with one attached hydrogen (secondary N) is 1. The number of benzene rings is 1. The summed E-state index contributed by atoms with van der Waals surface area (Å²) in [5.74, 6) is -0.221. The number of methoxy groups -OCH3 is 1. The van der Waals surface area contributed by atoms with Gasteiger partial charge in [0.2, 0.25) is 11.8 Å². The van der Waals surface area contributed by atoms with Gasteiger partial charge in [-0.2, -0.15) is 15.1 Å². The molecule has 2 aliphatic rings. The van der Waals surface area contributed by atoms with E-state index in [0.717, 1.165) is 25.7 Å². The number of nitrogens with zero attached hydrogens (tertiary/aromatic N) is 4. The fraction of sp³-hybridized carbons (Fsp3) is 0.538. The highest BCUT2D eigenvalue weighted by atomic mass is 31.2. The number of hydrogen-bond donors (Lipinski definition) is 2. The number of imidazole rings is 1. The number of esters is 1.